The van der Waals surface area contributed by atoms with Gasteiger partial charge in [0.05, 0.1) is 18.8 Å². The first-order valence-corrected chi connectivity index (χ1v) is 4.82. The third-order valence-electron chi connectivity index (χ3n) is 2.36. The average Bonchev–Trinajstić information content (AvgIpc) is 2.17. The van der Waals surface area contributed by atoms with Crippen LogP contribution in [0.4, 0.5) is 0 Å². The van der Waals surface area contributed by atoms with Crippen LogP contribution < -0.4 is 5.32 Å². The lowest BCUT2D eigenvalue weighted by Gasteiger charge is -2.38. The molecule has 1 amide bonds. The van der Waals surface area contributed by atoms with Gasteiger partial charge in [-0.3, -0.25) is 4.79 Å². The molecule has 3 N–H and O–H groups in total. The maximum Gasteiger partial charge on any atom is 0.217 e. The molecule has 88 valence electrons. The maximum atomic E-state index is 10.9. The fourth-order valence-corrected chi connectivity index (χ4v) is 1.65. The largest absolute Gasteiger partial charge is 0.394 e. The third kappa shape index (κ3) is 3.13. The molecule has 0 aromatic carbocycles. The lowest BCUT2D eigenvalue weighted by molar-refractivity contribution is -0.232. The Labute approximate surface area is 88.2 Å². The van der Waals surface area contributed by atoms with Crippen LogP contribution in [0, 0.1) is 0 Å². The zero-order valence-corrected chi connectivity index (χ0v) is 8.84. The second kappa shape index (κ2) is 5.41. The van der Waals surface area contributed by atoms with Crippen molar-refractivity contribution in [2.24, 2.45) is 0 Å². The van der Waals surface area contributed by atoms with E-state index in [0.29, 0.717) is 6.42 Å². The molecule has 0 spiro atoms. The van der Waals surface area contributed by atoms with Crippen LogP contribution in [-0.2, 0) is 14.3 Å². The fourth-order valence-electron chi connectivity index (χ4n) is 1.65. The van der Waals surface area contributed by atoms with Gasteiger partial charge in [-0.05, 0) is 0 Å². The van der Waals surface area contributed by atoms with Crippen molar-refractivity contribution in [2.45, 2.75) is 37.9 Å². The molecule has 4 atom stereocenters. The van der Waals surface area contributed by atoms with Gasteiger partial charge in [0.2, 0.25) is 5.91 Å². The third-order valence-corrected chi connectivity index (χ3v) is 2.36. The van der Waals surface area contributed by atoms with Gasteiger partial charge in [-0.25, -0.2) is 0 Å². The van der Waals surface area contributed by atoms with Gasteiger partial charge in [0, 0.05) is 20.5 Å². The summed E-state index contributed by atoms with van der Waals surface area (Å²) in [6.45, 7) is 1.12. The molecule has 1 aliphatic heterocycles. The highest BCUT2D eigenvalue weighted by Crippen LogP contribution is 2.20. The molecule has 15 heavy (non-hydrogen) atoms. The van der Waals surface area contributed by atoms with Gasteiger partial charge >= 0.3 is 0 Å². The number of hydrogen-bond donors (Lipinski definition) is 3. The number of ether oxygens (including phenoxy) is 2. The van der Waals surface area contributed by atoms with Crippen LogP contribution in [0.3, 0.4) is 0 Å². The number of methoxy groups -OCH3 is 1. The zero-order chi connectivity index (χ0) is 11.4. The van der Waals surface area contributed by atoms with E-state index < -0.39 is 18.5 Å². The van der Waals surface area contributed by atoms with E-state index >= 15 is 0 Å². The van der Waals surface area contributed by atoms with Crippen molar-refractivity contribution in [1.29, 1.82) is 0 Å². The van der Waals surface area contributed by atoms with E-state index in [-0.39, 0.29) is 18.6 Å². The number of amides is 1. The number of hydrogen-bond acceptors (Lipinski definition) is 5. The highest BCUT2D eigenvalue weighted by atomic mass is 16.7. The molecule has 6 heteroatoms. The van der Waals surface area contributed by atoms with Gasteiger partial charge < -0.3 is 25.0 Å². The molecule has 0 aromatic rings. The second-order valence-corrected chi connectivity index (χ2v) is 3.57. The molecular formula is C9H17NO5. The van der Waals surface area contributed by atoms with Crippen LogP contribution in [0.15, 0.2) is 0 Å². The Kier molecular flexibility index (Phi) is 4.46. The van der Waals surface area contributed by atoms with E-state index in [9.17, 15) is 9.90 Å². The molecule has 1 fully saturated rings. The van der Waals surface area contributed by atoms with Crippen molar-refractivity contribution in [3.05, 3.63) is 0 Å². The Balaban J connectivity index is 2.60. The Hall–Kier alpha value is -0.690. The molecule has 1 heterocycles. The van der Waals surface area contributed by atoms with Gasteiger partial charge in [0.1, 0.15) is 6.10 Å². The summed E-state index contributed by atoms with van der Waals surface area (Å²) in [5, 5.41) is 21.1. The molecule has 0 aromatic heterocycles. The van der Waals surface area contributed by atoms with E-state index in [0.717, 1.165) is 0 Å². The molecule has 1 rings (SSSR count). The maximum absolute atomic E-state index is 10.9. The summed E-state index contributed by atoms with van der Waals surface area (Å²) in [4.78, 5) is 10.9. The average molecular weight is 219 g/mol. The number of nitrogens with one attached hydrogen (secondary N) is 1. The van der Waals surface area contributed by atoms with Gasteiger partial charge in [0.25, 0.3) is 0 Å². The topological polar surface area (TPSA) is 88.0 Å². The molecule has 0 bridgehead atoms. The summed E-state index contributed by atoms with van der Waals surface area (Å²) in [5.41, 5.74) is 0. The molecule has 1 aliphatic rings. The van der Waals surface area contributed by atoms with Crippen LogP contribution in [0.1, 0.15) is 13.3 Å². The van der Waals surface area contributed by atoms with E-state index in [1.54, 1.807) is 0 Å². The standard InChI is InChI=1S/C9H17NO5/c1-5(12)10-6-3-7(13)8(4-11)15-9(6)14-2/h6-9,11,13H,3-4H2,1-2H3,(H,10,12)/t6-,7-,8+,9?/m0/s1. The number of aliphatic hydroxyl groups is 2. The summed E-state index contributed by atoms with van der Waals surface area (Å²) >= 11 is 0. The number of aliphatic hydroxyl groups excluding tert-OH is 2. The molecular weight excluding hydrogens is 202 g/mol. The van der Waals surface area contributed by atoms with Gasteiger partial charge in [-0.15, -0.1) is 0 Å². The summed E-state index contributed by atoms with van der Waals surface area (Å²) in [6.07, 6.45) is -1.77. The smallest absolute Gasteiger partial charge is 0.217 e. The monoisotopic (exact) mass is 219 g/mol. The number of rotatable bonds is 3. The lowest BCUT2D eigenvalue weighted by atomic mass is 10.0. The molecule has 1 saturated heterocycles. The van der Waals surface area contributed by atoms with Crippen molar-refractivity contribution >= 4 is 5.91 Å². The zero-order valence-electron chi connectivity index (χ0n) is 8.84. The normalized spacial score (nSPS) is 36.3. The van der Waals surface area contributed by atoms with Crippen LogP contribution in [0.2, 0.25) is 0 Å². The van der Waals surface area contributed by atoms with Crippen LogP contribution >= 0.6 is 0 Å². The SMILES string of the molecule is COC1O[C@H](CO)[C@@H](O)C[C@@H]1NC(C)=O. The first-order chi connectivity index (χ1) is 7.08. The van der Waals surface area contributed by atoms with E-state index in [1.807, 2.05) is 0 Å². The van der Waals surface area contributed by atoms with Gasteiger partial charge in [0.15, 0.2) is 6.29 Å². The van der Waals surface area contributed by atoms with E-state index in [4.69, 9.17) is 14.6 Å². The predicted octanol–water partition coefficient (Wildman–Crippen LogP) is -1.39. The van der Waals surface area contributed by atoms with Gasteiger partial charge in [-0.1, -0.05) is 0 Å². The summed E-state index contributed by atoms with van der Waals surface area (Å²) < 4.78 is 10.3. The number of carbonyl (C=O) groups excluding carboxylic acids is 1. The van der Waals surface area contributed by atoms with E-state index in [2.05, 4.69) is 5.32 Å². The predicted molar refractivity (Wildman–Crippen MR) is 51.0 cm³/mol. The minimum absolute atomic E-state index is 0.208. The summed E-state index contributed by atoms with van der Waals surface area (Å²) in [5.74, 6) is -0.208. The second-order valence-electron chi connectivity index (χ2n) is 3.57. The highest BCUT2D eigenvalue weighted by molar-refractivity contribution is 5.73. The highest BCUT2D eigenvalue weighted by Gasteiger charge is 2.37. The molecule has 0 aliphatic carbocycles. The minimum Gasteiger partial charge on any atom is -0.394 e. The molecule has 1 unspecified atom stereocenters. The van der Waals surface area contributed by atoms with Crippen LogP contribution in [0.5, 0.6) is 0 Å². The van der Waals surface area contributed by atoms with E-state index in [1.165, 1.54) is 14.0 Å². The molecule has 6 nitrogen and oxygen atoms in total. The Morgan fingerprint density at radius 3 is 2.80 bits per heavy atom. The fraction of sp³-hybridized carbons (Fsp3) is 0.889. The van der Waals surface area contributed by atoms with Crippen molar-refractivity contribution in [1.82, 2.24) is 5.32 Å². The van der Waals surface area contributed by atoms with Crippen molar-refractivity contribution < 1.29 is 24.5 Å². The quantitative estimate of drug-likeness (QED) is 0.543. The molecule has 0 saturated carbocycles. The minimum atomic E-state index is -0.793. The first-order valence-electron chi connectivity index (χ1n) is 4.82. The van der Waals surface area contributed by atoms with Crippen LogP contribution in [-0.4, -0.2) is 54.4 Å². The Bertz CT molecular complexity index is 223. The van der Waals surface area contributed by atoms with Gasteiger partial charge in [-0.2, -0.15) is 0 Å². The van der Waals surface area contributed by atoms with Crippen molar-refractivity contribution in [2.75, 3.05) is 13.7 Å². The Morgan fingerprint density at radius 1 is 1.67 bits per heavy atom. The van der Waals surface area contributed by atoms with Crippen molar-refractivity contribution in [3.8, 4) is 0 Å². The summed E-state index contributed by atoms with van der Waals surface area (Å²) in [7, 11) is 1.45. The van der Waals surface area contributed by atoms with Crippen molar-refractivity contribution in [3.63, 3.8) is 0 Å². The Morgan fingerprint density at radius 2 is 2.33 bits per heavy atom. The number of carbonyl (C=O) groups is 1. The lowest BCUT2D eigenvalue weighted by Crippen LogP contribution is -2.55. The first kappa shape index (κ1) is 12.4. The summed E-state index contributed by atoms with van der Waals surface area (Å²) in [6, 6.07) is -0.384. The molecule has 0 radical (unpaired) electrons. The van der Waals surface area contributed by atoms with Crippen LogP contribution in [0.25, 0.3) is 0 Å².